The second kappa shape index (κ2) is 6.26. The first-order valence-corrected chi connectivity index (χ1v) is 9.04. The van der Waals surface area contributed by atoms with Crippen molar-refractivity contribution in [1.82, 2.24) is 24.4 Å². The summed E-state index contributed by atoms with van der Waals surface area (Å²) in [7, 11) is 1.84. The van der Waals surface area contributed by atoms with Crippen LogP contribution in [0.4, 0.5) is 10.2 Å². The number of amides is 1. The lowest BCUT2D eigenvalue weighted by Crippen LogP contribution is -2.15. The highest BCUT2D eigenvalue weighted by molar-refractivity contribution is 5.94. The van der Waals surface area contributed by atoms with E-state index in [4.69, 9.17) is 0 Å². The highest BCUT2D eigenvalue weighted by atomic mass is 19.1. The van der Waals surface area contributed by atoms with Crippen molar-refractivity contribution >= 4 is 17.4 Å². The van der Waals surface area contributed by atoms with Crippen LogP contribution in [0.15, 0.2) is 48.9 Å². The molecule has 28 heavy (non-hydrogen) atoms. The van der Waals surface area contributed by atoms with Crippen LogP contribution in [0, 0.1) is 11.7 Å². The number of nitrogens with one attached hydrogen (secondary N) is 1. The molecule has 1 N–H and O–H groups in total. The third-order valence-electron chi connectivity index (χ3n) is 4.84. The Morgan fingerprint density at radius 1 is 1.18 bits per heavy atom. The van der Waals surface area contributed by atoms with E-state index in [1.807, 2.05) is 19.3 Å². The zero-order valence-corrected chi connectivity index (χ0v) is 15.1. The maximum absolute atomic E-state index is 13.3. The van der Waals surface area contributed by atoms with Crippen molar-refractivity contribution in [3.8, 4) is 22.4 Å². The molecule has 7 nitrogen and oxygen atoms in total. The van der Waals surface area contributed by atoms with Crippen LogP contribution in [0.5, 0.6) is 0 Å². The quantitative estimate of drug-likeness (QED) is 0.593. The van der Waals surface area contributed by atoms with Crippen molar-refractivity contribution in [3.63, 3.8) is 0 Å². The first kappa shape index (κ1) is 16.6. The molecule has 0 aliphatic heterocycles. The molecule has 5 rings (SSSR count). The number of halogens is 1. The number of rotatable bonds is 4. The molecule has 1 saturated carbocycles. The Bertz CT molecular complexity index is 1190. The van der Waals surface area contributed by atoms with Crippen molar-refractivity contribution < 1.29 is 9.18 Å². The van der Waals surface area contributed by atoms with Gasteiger partial charge in [-0.25, -0.2) is 9.37 Å². The fourth-order valence-electron chi connectivity index (χ4n) is 3.27. The zero-order chi connectivity index (χ0) is 19.3. The summed E-state index contributed by atoms with van der Waals surface area (Å²) < 4.78 is 16.7. The molecule has 0 spiro atoms. The number of aryl methyl sites for hydroxylation is 1. The number of aromatic nitrogens is 5. The number of nitrogens with zero attached hydrogens (tertiary/aromatic N) is 5. The van der Waals surface area contributed by atoms with Crippen LogP contribution in [0.1, 0.15) is 12.8 Å². The number of carbonyl (C=O) groups excluding carboxylic acids is 1. The smallest absolute Gasteiger partial charge is 0.228 e. The second-order valence-electron chi connectivity index (χ2n) is 6.96. The molecule has 1 aliphatic rings. The third-order valence-corrected chi connectivity index (χ3v) is 4.84. The Labute approximate surface area is 159 Å². The lowest BCUT2D eigenvalue weighted by Gasteiger charge is -2.06. The average molecular weight is 376 g/mol. The Kier molecular flexibility index (Phi) is 3.71. The summed E-state index contributed by atoms with van der Waals surface area (Å²) in [4.78, 5) is 16.6. The van der Waals surface area contributed by atoms with E-state index >= 15 is 0 Å². The zero-order valence-electron chi connectivity index (χ0n) is 15.1. The van der Waals surface area contributed by atoms with Crippen LogP contribution in [0.2, 0.25) is 0 Å². The number of benzene rings is 1. The highest BCUT2D eigenvalue weighted by Gasteiger charge is 2.30. The predicted octanol–water partition coefficient (Wildman–Crippen LogP) is 3.28. The average Bonchev–Trinajstić information content (AvgIpc) is 3.37. The Hall–Kier alpha value is -3.55. The van der Waals surface area contributed by atoms with E-state index in [2.05, 4.69) is 20.5 Å². The van der Waals surface area contributed by atoms with Gasteiger partial charge in [0, 0.05) is 42.0 Å². The summed E-state index contributed by atoms with van der Waals surface area (Å²) in [6, 6.07) is 8.09. The van der Waals surface area contributed by atoms with Crippen LogP contribution in [0.3, 0.4) is 0 Å². The van der Waals surface area contributed by atoms with Gasteiger partial charge in [-0.05, 0) is 43.2 Å². The van der Waals surface area contributed by atoms with E-state index in [-0.39, 0.29) is 17.6 Å². The molecule has 1 amide bonds. The molecule has 3 aromatic heterocycles. The normalized spacial score (nSPS) is 13.8. The van der Waals surface area contributed by atoms with Gasteiger partial charge in [-0.1, -0.05) is 0 Å². The summed E-state index contributed by atoms with van der Waals surface area (Å²) in [6.45, 7) is 0. The van der Waals surface area contributed by atoms with Gasteiger partial charge in [-0.15, -0.1) is 0 Å². The molecule has 0 radical (unpaired) electrons. The van der Waals surface area contributed by atoms with E-state index in [9.17, 15) is 9.18 Å². The summed E-state index contributed by atoms with van der Waals surface area (Å²) >= 11 is 0. The molecule has 1 fully saturated rings. The number of anilines is 1. The molecular weight excluding hydrogens is 359 g/mol. The van der Waals surface area contributed by atoms with Crippen molar-refractivity contribution in [2.24, 2.45) is 13.0 Å². The second-order valence-corrected chi connectivity index (χ2v) is 6.96. The highest BCUT2D eigenvalue weighted by Crippen LogP contribution is 2.34. The standard InChI is InChI=1S/C20H17FN6O/c1-26-11-16(18(25-26)12-4-6-14(21)7-5-12)15-8-9-23-27-17(10-22-19(15)27)24-20(28)13-2-3-13/h4-11,13H,2-3H2,1H3,(H,24,28). The molecule has 8 heteroatoms. The molecule has 3 heterocycles. The van der Waals surface area contributed by atoms with Crippen LogP contribution >= 0.6 is 0 Å². The maximum atomic E-state index is 13.3. The van der Waals surface area contributed by atoms with Gasteiger partial charge in [0.1, 0.15) is 11.5 Å². The molecule has 0 atom stereocenters. The minimum Gasteiger partial charge on any atom is -0.309 e. The molecule has 140 valence electrons. The molecule has 0 saturated heterocycles. The lowest BCUT2D eigenvalue weighted by molar-refractivity contribution is -0.117. The summed E-state index contributed by atoms with van der Waals surface area (Å²) in [6.07, 6.45) is 7.03. The van der Waals surface area contributed by atoms with Gasteiger partial charge in [0.05, 0.1) is 6.20 Å². The van der Waals surface area contributed by atoms with Crippen LogP contribution in [-0.4, -0.2) is 30.3 Å². The Morgan fingerprint density at radius 3 is 2.71 bits per heavy atom. The topological polar surface area (TPSA) is 77.1 Å². The van der Waals surface area contributed by atoms with E-state index in [0.29, 0.717) is 11.5 Å². The first-order chi connectivity index (χ1) is 13.6. The number of carbonyl (C=O) groups is 1. The molecular formula is C20H17FN6O. The molecule has 0 bridgehead atoms. The summed E-state index contributed by atoms with van der Waals surface area (Å²) in [5.41, 5.74) is 3.83. The van der Waals surface area contributed by atoms with Gasteiger partial charge in [0.2, 0.25) is 5.91 Å². The fourth-order valence-corrected chi connectivity index (χ4v) is 3.27. The van der Waals surface area contributed by atoms with Crippen molar-refractivity contribution in [2.45, 2.75) is 12.8 Å². The largest absolute Gasteiger partial charge is 0.309 e. The number of hydrogen-bond acceptors (Lipinski definition) is 4. The first-order valence-electron chi connectivity index (χ1n) is 9.04. The molecule has 4 aromatic rings. The SMILES string of the molecule is Cn1cc(-c2ccnn3c(NC(=O)C4CC4)cnc23)c(-c2ccc(F)cc2)n1. The molecule has 1 aromatic carbocycles. The van der Waals surface area contributed by atoms with Gasteiger partial charge in [-0.2, -0.15) is 14.7 Å². The van der Waals surface area contributed by atoms with Crippen LogP contribution in [0.25, 0.3) is 28.0 Å². The predicted molar refractivity (Wildman–Crippen MR) is 102 cm³/mol. The van der Waals surface area contributed by atoms with E-state index in [1.165, 1.54) is 12.1 Å². The Morgan fingerprint density at radius 2 is 1.96 bits per heavy atom. The molecule has 0 unspecified atom stereocenters. The third kappa shape index (κ3) is 2.83. The molecule has 1 aliphatic carbocycles. The van der Waals surface area contributed by atoms with Crippen LogP contribution < -0.4 is 5.32 Å². The number of hydrogen-bond donors (Lipinski definition) is 1. The van der Waals surface area contributed by atoms with E-state index in [0.717, 1.165) is 35.2 Å². The van der Waals surface area contributed by atoms with Gasteiger partial charge in [-0.3, -0.25) is 9.48 Å². The number of imidazole rings is 1. The van der Waals surface area contributed by atoms with E-state index < -0.39 is 0 Å². The van der Waals surface area contributed by atoms with Gasteiger partial charge in [0.25, 0.3) is 0 Å². The minimum atomic E-state index is -0.295. The monoisotopic (exact) mass is 376 g/mol. The van der Waals surface area contributed by atoms with Crippen molar-refractivity contribution in [2.75, 3.05) is 5.32 Å². The van der Waals surface area contributed by atoms with E-state index in [1.54, 1.807) is 33.7 Å². The van der Waals surface area contributed by atoms with Gasteiger partial charge >= 0.3 is 0 Å². The fraction of sp³-hybridized carbons (Fsp3) is 0.200. The summed E-state index contributed by atoms with van der Waals surface area (Å²) in [5, 5.41) is 11.8. The summed E-state index contributed by atoms with van der Waals surface area (Å²) in [5.74, 6) is 0.345. The number of fused-ring (bicyclic) bond motifs is 1. The van der Waals surface area contributed by atoms with Crippen molar-refractivity contribution in [3.05, 3.63) is 54.7 Å². The van der Waals surface area contributed by atoms with Crippen LogP contribution in [-0.2, 0) is 11.8 Å². The lowest BCUT2D eigenvalue weighted by atomic mass is 10.0. The van der Waals surface area contributed by atoms with Gasteiger partial charge < -0.3 is 5.32 Å². The van der Waals surface area contributed by atoms with Gasteiger partial charge in [0.15, 0.2) is 11.5 Å². The Balaban J connectivity index is 1.61. The maximum Gasteiger partial charge on any atom is 0.228 e. The van der Waals surface area contributed by atoms with Crippen molar-refractivity contribution in [1.29, 1.82) is 0 Å². The minimum absolute atomic E-state index is 0.00221.